The van der Waals surface area contributed by atoms with Crippen LogP contribution >= 0.6 is 11.8 Å². The van der Waals surface area contributed by atoms with Crippen molar-refractivity contribution in [2.45, 2.75) is 42.4 Å². The van der Waals surface area contributed by atoms with Gasteiger partial charge in [-0.3, -0.25) is 0 Å². The molecule has 1 fully saturated rings. The van der Waals surface area contributed by atoms with Crippen LogP contribution in [0.5, 0.6) is 0 Å². The van der Waals surface area contributed by atoms with E-state index in [0.717, 1.165) is 6.42 Å². The Morgan fingerprint density at radius 3 is 2.75 bits per heavy atom. The molecular weight excluding hydrogens is 292 g/mol. The molecule has 1 aliphatic rings. The van der Waals surface area contributed by atoms with Gasteiger partial charge in [-0.25, -0.2) is 13.1 Å². The number of anilines is 1. The summed E-state index contributed by atoms with van der Waals surface area (Å²) in [6.45, 7) is 2.18. The van der Waals surface area contributed by atoms with Gasteiger partial charge in [0.25, 0.3) is 0 Å². The molecule has 112 valence electrons. The molecule has 0 bridgehead atoms. The van der Waals surface area contributed by atoms with Crippen LogP contribution in [0.4, 0.5) is 5.69 Å². The number of benzene rings is 1. The van der Waals surface area contributed by atoms with Gasteiger partial charge in [0.05, 0.1) is 5.69 Å². The van der Waals surface area contributed by atoms with Crippen molar-refractivity contribution < 1.29 is 8.42 Å². The van der Waals surface area contributed by atoms with Gasteiger partial charge >= 0.3 is 0 Å². The van der Waals surface area contributed by atoms with E-state index < -0.39 is 10.0 Å². The SMILES string of the molecule is CCNS(=O)(=O)c1ccccc1NC1CCCC1SC. The average Bonchev–Trinajstić information content (AvgIpc) is 2.86. The van der Waals surface area contributed by atoms with Crippen molar-refractivity contribution in [3.8, 4) is 0 Å². The van der Waals surface area contributed by atoms with Crippen LogP contribution in [0.1, 0.15) is 26.2 Å². The molecule has 0 aromatic heterocycles. The van der Waals surface area contributed by atoms with Gasteiger partial charge in [-0.2, -0.15) is 11.8 Å². The maximum Gasteiger partial charge on any atom is 0.242 e. The molecule has 0 aliphatic heterocycles. The molecule has 6 heteroatoms. The van der Waals surface area contributed by atoms with Crippen LogP contribution in [-0.4, -0.2) is 32.5 Å². The van der Waals surface area contributed by atoms with E-state index in [-0.39, 0.29) is 0 Å². The fraction of sp³-hybridized carbons (Fsp3) is 0.571. The number of hydrogen-bond donors (Lipinski definition) is 2. The van der Waals surface area contributed by atoms with E-state index in [1.165, 1.54) is 12.8 Å². The van der Waals surface area contributed by atoms with Gasteiger partial charge in [0.15, 0.2) is 0 Å². The third-order valence-electron chi connectivity index (χ3n) is 3.61. The monoisotopic (exact) mass is 314 g/mol. The number of sulfonamides is 1. The molecule has 1 aromatic rings. The molecule has 0 amide bonds. The third-order valence-corrected chi connectivity index (χ3v) is 6.38. The smallest absolute Gasteiger partial charge is 0.242 e. The van der Waals surface area contributed by atoms with Crippen molar-refractivity contribution in [1.29, 1.82) is 0 Å². The highest BCUT2D eigenvalue weighted by atomic mass is 32.2. The van der Waals surface area contributed by atoms with Gasteiger partial charge in [-0.1, -0.05) is 25.5 Å². The van der Waals surface area contributed by atoms with Crippen molar-refractivity contribution in [1.82, 2.24) is 4.72 Å². The Morgan fingerprint density at radius 1 is 1.30 bits per heavy atom. The predicted octanol–water partition coefficient (Wildman–Crippen LogP) is 2.68. The standard InChI is InChI=1S/C14H22N2O2S2/c1-3-15-20(17,18)14-10-5-4-7-12(14)16-11-8-6-9-13(11)19-2/h4-5,7,10-11,13,15-16H,3,6,8-9H2,1-2H3. The Kier molecular flexibility index (Phi) is 5.35. The number of thioether (sulfide) groups is 1. The lowest BCUT2D eigenvalue weighted by molar-refractivity contribution is 0.584. The van der Waals surface area contributed by atoms with Crippen molar-refractivity contribution in [3.05, 3.63) is 24.3 Å². The normalized spacial score (nSPS) is 22.9. The zero-order valence-electron chi connectivity index (χ0n) is 11.9. The summed E-state index contributed by atoms with van der Waals surface area (Å²) >= 11 is 1.86. The van der Waals surface area contributed by atoms with Gasteiger partial charge in [0.2, 0.25) is 10.0 Å². The van der Waals surface area contributed by atoms with E-state index in [4.69, 9.17) is 0 Å². The zero-order valence-corrected chi connectivity index (χ0v) is 13.6. The lowest BCUT2D eigenvalue weighted by atomic mass is 10.2. The summed E-state index contributed by atoms with van der Waals surface area (Å²) in [6, 6.07) is 7.48. The molecule has 0 radical (unpaired) electrons. The molecule has 2 rings (SSSR count). The van der Waals surface area contributed by atoms with Crippen molar-refractivity contribution >= 4 is 27.5 Å². The Balaban J connectivity index is 2.24. The second-order valence-electron chi connectivity index (χ2n) is 4.95. The third kappa shape index (κ3) is 3.48. The topological polar surface area (TPSA) is 58.2 Å². The molecule has 4 nitrogen and oxygen atoms in total. The Bertz CT molecular complexity index is 546. The van der Waals surface area contributed by atoms with E-state index in [0.29, 0.717) is 28.4 Å². The van der Waals surface area contributed by atoms with Gasteiger partial charge < -0.3 is 5.32 Å². The van der Waals surface area contributed by atoms with E-state index >= 15 is 0 Å². The molecule has 0 saturated heterocycles. The molecule has 2 atom stereocenters. The summed E-state index contributed by atoms with van der Waals surface area (Å²) in [5.41, 5.74) is 0.708. The zero-order chi connectivity index (χ0) is 14.6. The Morgan fingerprint density at radius 2 is 2.05 bits per heavy atom. The molecule has 1 aliphatic carbocycles. The fourth-order valence-corrected chi connectivity index (χ4v) is 4.81. The maximum absolute atomic E-state index is 12.2. The highest BCUT2D eigenvalue weighted by Gasteiger charge is 2.28. The first-order valence-corrected chi connectivity index (χ1v) is 9.73. The summed E-state index contributed by atoms with van der Waals surface area (Å²) in [5.74, 6) is 0. The Labute approximate surface area is 125 Å². The fourth-order valence-electron chi connectivity index (χ4n) is 2.66. The summed E-state index contributed by atoms with van der Waals surface area (Å²) in [7, 11) is -3.43. The minimum absolute atomic E-state index is 0.341. The lowest BCUT2D eigenvalue weighted by Crippen LogP contribution is -2.29. The van der Waals surface area contributed by atoms with E-state index in [1.807, 2.05) is 23.9 Å². The highest BCUT2D eigenvalue weighted by Crippen LogP contribution is 2.32. The first-order valence-electron chi connectivity index (χ1n) is 6.96. The first-order chi connectivity index (χ1) is 9.58. The van der Waals surface area contributed by atoms with Crippen LogP contribution in [-0.2, 0) is 10.0 Å². The number of nitrogens with one attached hydrogen (secondary N) is 2. The van der Waals surface area contributed by atoms with Crippen molar-refractivity contribution in [2.75, 3.05) is 18.1 Å². The van der Waals surface area contributed by atoms with Crippen LogP contribution in [0.15, 0.2) is 29.2 Å². The Hall–Kier alpha value is -0.720. The van der Waals surface area contributed by atoms with Gasteiger partial charge in [0.1, 0.15) is 4.90 Å². The maximum atomic E-state index is 12.2. The quantitative estimate of drug-likeness (QED) is 0.847. The van der Waals surface area contributed by atoms with E-state index in [9.17, 15) is 8.42 Å². The molecule has 1 aromatic carbocycles. The van der Waals surface area contributed by atoms with Crippen LogP contribution in [0, 0.1) is 0 Å². The highest BCUT2D eigenvalue weighted by molar-refractivity contribution is 7.99. The summed E-state index contributed by atoms with van der Waals surface area (Å²) in [4.78, 5) is 0.341. The van der Waals surface area contributed by atoms with E-state index in [1.54, 1.807) is 19.1 Å². The molecular formula is C14H22N2O2S2. The second-order valence-corrected chi connectivity index (χ2v) is 7.77. The second kappa shape index (κ2) is 6.83. The van der Waals surface area contributed by atoms with Crippen LogP contribution in [0.2, 0.25) is 0 Å². The average molecular weight is 314 g/mol. The number of rotatable bonds is 6. The molecule has 20 heavy (non-hydrogen) atoms. The first kappa shape index (κ1) is 15.7. The van der Waals surface area contributed by atoms with Gasteiger partial charge in [0, 0.05) is 17.8 Å². The number of para-hydroxylation sites is 1. The van der Waals surface area contributed by atoms with Crippen molar-refractivity contribution in [2.24, 2.45) is 0 Å². The molecule has 2 N–H and O–H groups in total. The minimum atomic E-state index is -3.43. The summed E-state index contributed by atoms with van der Waals surface area (Å²) in [5, 5.41) is 4.00. The lowest BCUT2D eigenvalue weighted by Gasteiger charge is -2.22. The number of hydrogen-bond acceptors (Lipinski definition) is 4. The van der Waals surface area contributed by atoms with Crippen LogP contribution in [0.25, 0.3) is 0 Å². The van der Waals surface area contributed by atoms with Crippen LogP contribution in [0.3, 0.4) is 0 Å². The molecule has 1 saturated carbocycles. The van der Waals surface area contributed by atoms with Crippen molar-refractivity contribution in [3.63, 3.8) is 0 Å². The van der Waals surface area contributed by atoms with E-state index in [2.05, 4.69) is 16.3 Å². The molecule has 0 heterocycles. The molecule has 0 spiro atoms. The summed E-state index contributed by atoms with van der Waals surface area (Å²) in [6.07, 6.45) is 5.61. The largest absolute Gasteiger partial charge is 0.380 e. The van der Waals surface area contributed by atoms with Gasteiger partial charge in [-0.15, -0.1) is 0 Å². The predicted molar refractivity (Wildman–Crippen MR) is 85.9 cm³/mol. The summed E-state index contributed by atoms with van der Waals surface area (Å²) < 4.78 is 27.0. The molecule has 2 unspecified atom stereocenters. The van der Waals surface area contributed by atoms with Gasteiger partial charge in [-0.05, 0) is 31.2 Å². The minimum Gasteiger partial charge on any atom is -0.380 e. The van der Waals surface area contributed by atoms with Crippen LogP contribution < -0.4 is 10.0 Å².